The van der Waals surface area contributed by atoms with E-state index in [9.17, 15) is 4.79 Å². The summed E-state index contributed by atoms with van der Waals surface area (Å²) >= 11 is 0. The van der Waals surface area contributed by atoms with Crippen molar-refractivity contribution in [2.45, 2.75) is 52.0 Å². The normalized spacial score (nSPS) is 23.3. The van der Waals surface area contributed by atoms with E-state index in [1.54, 1.807) is 0 Å². The summed E-state index contributed by atoms with van der Waals surface area (Å²) in [6.07, 6.45) is 2.81. The van der Waals surface area contributed by atoms with Gasteiger partial charge in [0.05, 0.1) is 23.7 Å². The van der Waals surface area contributed by atoms with Crippen molar-refractivity contribution >= 4 is 22.2 Å². The lowest BCUT2D eigenvalue weighted by atomic mass is 9.95. The third kappa shape index (κ3) is 3.70. The molecule has 2 fully saturated rings. The fourth-order valence-corrected chi connectivity index (χ4v) is 4.47. The lowest BCUT2D eigenvalue weighted by molar-refractivity contribution is -0.203. The Kier molecular flexibility index (Phi) is 5.49. The molecule has 3 atom stereocenters. The minimum atomic E-state index is -0.241. The molecule has 0 amide bonds. The zero-order chi connectivity index (χ0) is 22.2. The van der Waals surface area contributed by atoms with Gasteiger partial charge >= 0.3 is 0 Å². The van der Waals surface area contributed by atoms with Gasteiger partial charge in [-0.1, -0.05) is 54.1 Å². The van der Waals surface area contributed by atoms with Crippen LogP contribution in [0.4, 0.5) is 0 Å². The van der Waals surface area contributed by atoms with Crippen LogP contribution in [0.2, 0.25) is 0 Å². The smallest absolute Gasteiger partial charge is 0.275 e. The van der Waals surface area contributed by atoms with E-state index in [2.05, 4.69) is 31.2 Å². The summed E-state index contributed by atoms with van der Waals surface area (Å²) in [5.74, 6) is 0. The van der Waals surface area contributed by atoms with E-state index in [-0.39, 0.29) is 23.9 Å². The number of nitrogens with zero attached hydrogens (tertiary/aromatic N) is 3. The summed E-state index contributed by atoms with van der Waals surface area (Å²) in [5.41, 5.74) is 4.57. The van der Waals surface area contributed by atoms with E-state index >= 15 is 0 Å². The highest BCUT2D eigenvalue weighted by Gasteiger charge is 2.49. The van der Waals surface area contributed by atoms with Crippen molar-refractivity contribution < 1.29 is 9.47 Å². The van der Waals surface area contributed by atoms with Crippen molar-refractivity contribution in [1.82, 2.24) is 9.78 Å². The van der Waals surface area contributed by atoms with Crippen LogP contribution in [-0.2, 0) is 16.0 Å². The van der Waals surface area contributed by atoms with Crippen molar-refractivity contribution in [3.8, 4) is 0 Å². The molecule has 0 saturated carbocycles. The first kappa shape index (κ1) is 20.8. The number of aliphatic imine (C=N–C) groups is 1. The average Bonchev–Trinajstić information content (AvgIpc) is 3.16. The Morgan fingerprint density at radius 1 is 1.19 bits per heavy atom. The highest BCUT2D eigenvalue weighted by molar-refractivity contribution is 5.88. The lowest BCUT2D eigenvalue weighted by Gasteiger charge is -2.39. The van der Waals surface area contributed by atoms with Gasteiger partial charge in [-0.3, -0.25) is 9.79 Å². The van der Waals surface area contributed by atoms with E-state index in [1.807, 2.05) is 44.2 Å². The zero-order valence-electron chi connectivity index (χ0n) is 18.6. The average molecular weight is 430 g/mol. The predicted octanol–water partition coefficient (Wildman–Crippen LogP) is 4.46. The fraction of sp³-hybridized carbons (Fsp3) is 0.346. The maximum atomic E-state index is 13.2. The number of ether oxygens (including phenoxy) is 2. The topological polar surface area (TPSA) is 65.7 Å². The third-order valence-corrected chi connectivity index (χ3v) is 6.18. The van der Waals surface area contributed by atoms with Gasteiger partial charge in [-0.05, 0) is 38.8 Å². The largest absolute Gasteiger partial charge is 0.372 e. The molecule has 1 aromatic heterocycles. The van der Waals surface area contributed by atoms with E-state index in [0.29, 0.717) is 18.5 Å². The summed E-state index contributed by atoms with van der Waals surface area (Å²) in [4.78, 5) is 18.0. The molecule has 6 nitrogen and oxygen atoms in total. The molecule has 0 bridgehead atoms. The van der Waals surface area contributed by atoms with Crippen molar-refractivity contribution in [2.75, 3.05) is 6.61 Å². The molecule has 2 aliphatic rings. The molecule has 3 aromatic rings. The highest BCUT2D eigenvalue weighted by atomic mass is 16.6. The van der Waals surface area contributed by atoms with Gasteiger partial charge in [0.1, 0.15) is 17.9 Å². The summed E-state index contributed by atoms with van der Waals surface area (Å²) in [6, 6.07) is 15.9. The summed E-state index contributed by atoms with van der Waals surface area (Å²) in [7, 11) is 0. The SMILES string of the molecule is C/C=C(\N=C(/C)Cn1nc(C2OC3CCOC32)c2ccccc2c1=O)c1ccc(C)cc1. The van der Waals surface area contributed by atoms with E-state index in [1.165, 1.54) is 10.2 Å². The van der Waals surface area contributed by atoms with Gasteiger partial charge in [0.25, 0.3) is 5.56 Å². The molecule has 3 unspecified atom stereocenters. The van der Waals surface area contributed by atoms with Gasteiger partial charge in [0.2, 0.25) is 0 Å². The Bertz CT molecular complexity index is 1270. The molecular formula is C26H27N3O3. The number of hydrogen-bond acceptors (Lipinski definition) is 5. The van der Waals surface area contributed by atoms with Crippen LogP contribution in [0.15, 0.2) is 64.4 Å². The van der Waals surface area contributed by atoms with Crippen LogP contribution in [0.25, 0.3) is 16.5 Å². The van der Waals surface area contributed by atoms with Crippen molar-refractivity contribution in [1.29, 1.82) is 0 Å². The number of aryl methyl sites for hydroxylation is 1. The standard InChI is InChI=1S/C26H27N3O3/c1-4-21(18-11-9-16(2)10-12-18)27-17(3)15-29-26(30)20-8-6-5-7-19(20)23(28-29)25-24-22(32-25)13-14-31-24/h4-12,22,24-25H,13-15H2,1-3H3/b21-4-,27-17+. The minimum Gasteiger partial charge on any atom is -0.372 e. The van der Waals surface area contributed by atoms with Crippen LogP contribution in [0.3, 0.4) is 0 Å². The first-order chi connectivity index (χ1) is 15.5. The van der Waals surface area contributed by atoms with Crippen LogP contribution in [0, 0.1) is 6.92 Å². The minimum absolute atomic E-state index is 0.0165. The second-order valence-electron chi connectivity index (χ2n) is 8.50. The van der Waals surface area contributed by atoms with Crippen LogP contribution in [0.1, 0.15) is 43.2 Å². The second kappa shape index (κ2) is 8.45. The number of aromatic nitrogens is 2. The molecule has 0 aliphatic carbocycles. The Balaban J connectivity index is 1.50. The summed E-state index contributed by atoms with van der Waals surface area (Å²) in [6.45, 7) is 6.97. The molecule has 0 N–H and O–H groups in total. The molecule has 0 spiro atoms. The molecule has 6 heteroatoms. The quantitative estimate of drug-likeness (QED) is 0.562. The first-order valence-electron chi connectivity index (χ1n) is 11.1. The van der Waals surface area contributed by atoms with Crippen LogP contribution < -0.4 is 5.56 Å². The van der Waals surface area contributed by atoms with Crippen molar-refractivity contribution in [2.24, 2.45) is 4.99 Å². The molecule has 164 valence electrons. The van der Waals surface area contributed by atoms with Gasteiger partial charge in [-0.25, -0.2) is 4.68 Å². The van der Waals surface area contributed by atoms with Gasteiger partial charge < -0.3 is 9.47 Å². The number of rotatable bonds is 5. The highest BCUT2D eigenvalue weighted by Crippen LogP contribution is 2.43. The van der Waals surface area contributed by atoms with Gasteiger partial charge in [0, 0.05) is 17.7 Å². The molecule has 0 radical (unpaired) electrons. The molecule has 2 saturated heterocycles. The maximum absolute atomic E-state index is 13.2. The zero-order valence-corrected chi connectivity index (χ0v) is 18.6. The van der Waals surface area contributed by atoms with Crippen molar-refractivity contribution in [3.05, 3.63) is 81.8 Å². The lowest BCUT2D eigenvalue weighted by Crippen LogP contribution is -2.45. The maximum Gasteiger partial charge on any atom is 0.275 e. The number of benzene rings is 2. The molecule has 3 heterocycles. The Morgan fingerprint density at radius 3 is 2.66 bits per heavy atom. The number of fused-ring (bicyclic) bond motifs is 2. The fourth-order valence-electron chi connectivity index (χ4n) is 4.47. The summed E-state index contributed by atoms with van der Waals surface area (Å²) in [5, 5.41) is 6.21. The number of allylic oxidation sites excluding steroid dienone is 1. The van der Waals surface area contributed by atoms with E-state index < -0.39 is 0 Å². The van der Waals surface area contributed by atoms with E-state index in [4.69, 9.17) is 19.6 Å². The Hall–Kier alpha value is -3.09. The number of hydrogen-bond donors (Lipinski definition) is 0. The Morgan fingerprint density at radius 2 is 1.94 bits per heavy atom. The van der Waals surface area contributed by atoms with E-state index in [0.717, 1.165) is 34.5 Å². The third-order valence-electron chi connectivity index (χ3n) is 6.18. The molecule has 32 heavy (non-hydrogen) atoms. The predicted molar refractivity (Wildman–Crippen MR) is 126 cm³/mol. The molecule has 2 aliphatic heterocycles. The second-order valence-corrected chi connectivity index (χ2v) is 8.50. The van der Waals surface area contributed by atoms with Gasteiger partial charge in [0.15, 0.2) is 0 Å². The molecular weight excluding hydrogens is 402 g/mol. The summed E-state index contributed by atoms with van der Waals surface area (Å²) < 4.78 is 13.4. The monoisotopic (exact) mass is 429 g/mol. The molecule has 5 rings (SSSR count). The Labute approximate surface area is 187 Å². The molecule has 2 aromatic carbocycles. The van der Waals surface area contributed by atoms with Crippen molar-refractivity contribution in [3.63, 3.8) is 0 Å². The van der Waals surface area contributed by atoms with Gasteiger partial charge in [-0.2, -0.15) is 5.10 Å². The first-order valence-corrected chi connectivity index (χ1v) is 11.1. The van der Waals surface area contributed by atoms with Crippen LogP contribution in [-0.4, -0.2) is 34.3 Å². The van der Waals surface area contributed by atoms with Gasteiger partial charge in [-0.15, -0.1) is 0 Å². The van der Waals surface area contributed by atoms with Crippen LogP contribution in [0.5, 0.6) is 0 Å². The van der Waals surface area contributed by atoms with Crippen LogP contribution >= 0.6 is 0 Å².